The second kappa shape index (κ2) is 12.9. The molecule has 0 spiro atoms. The molecular weight excluding hydrogens is 642 g/mol. The maximum absolute atomic E-state index is 14.0. The third kappa shape index (κ3) is 6.10. The number of Topliss-reactive ketones (excluding diaryl/α,β-unsaturated/α-hetero) is 2. The van der Waals surface area contributed by atoms with Gasteiger partial charge in [0, 0.05) is 59.5 Å². The summed E-state index contributed by atoms with van der Waals surface area (Å²) in [7, 11) is 0. The van der Waals surface area contributed by atoms with Crippen molar-refractivity contribution in [2.24, 2.45) is 0 Å². The summed E-state index contributed by atoms with van der Waals surface area (Å²) in [5.41, 5.74) is -3.71. The number of carbonyl (C=O) groups excluding carboxylic acids is 4. The van der Waals surface area contributed by atoms with Crippen molar-refractivity contribution < 1.29 is 63.7 Å². The van der Waals surface area contributed by atoms with Gasteiger partial charge in [-0.2, -0.15) is 0 Å². The summed E-state index contributed by atoms with van der Waals surface area (Å²) in [5, 5.41) is 58.7. The SMILES string of the molecule is CC(=O)c1cccc2c1C(=O)c1c(O)c3c(c(O)c1C2=O)C[C@@](O)(C(C)=O)C[C@@H]3OC1CC2NC(O)C(C)OC(CC(C)O)OC2C(C)O1. The molecule has 6 N–H and O–H groups in total. The van der Waals surface area contributed by atoms with E-state index in [4.69, 9.17) is 18.9 Å². The Balaban J connectivity index is 1.40. The zero-order chi connectivity index (χ0) is 35.7. The number of rotatable bonds is 6. The Morgan fingerprint density at radius 1 is 1.02 bits per heavy atom. The minimum atomic E-state index is -2.08. The molecule has 6 rings (SSSR count). The third-order valence-corrected chi connectivity index (χ3v) is 9.96. The molecule has 2 aromatic rings. The van der Waals surface area contributed by atoms with Crippen molar-refractivity contribution in [3.63, 3.8) is 0 Å². The van der Waals surface area contributed by atoms with Gasteiger partial charge in [0.2, 0.25) is 0 Å². The number of hydrogen-bond acceptors (Lipinski definition) is 14. The van der Waals surface area contributed by atoms with Gasteiger partial charge in [-0.25, -0.2) is 0 Å². The van der Waals surface area contributed by atoms with E-state index < -0.39 is 120 Å². The Hall–Kier alpha value is -3.60. The molecule has 14 nitrogen and oxygen atoms in total. The highest BCUT2D eigenvalue weighted by Crippen LogP contribution is 2.52. The van der Waals surface area contributed by atoms with E-state index in [-0.39, 0.29) is 40.7 Å². The Morgan fingerprint density at radius 2 is 1.71 bits per heavy atom. The van der Waals surface area contributed by atoms with Gasteiger partial charge in [-0.15, -0.1) is 0 Å². The van der Waals surface area contributed by atoms with Gasteiger partial charge in [-0.05, 0) is 34.6 Å². The molecule has 10 atom stereocenters. The number of ketones is 4. The minimum absolute atomic E-state index is 0.0254. The van der Waals surface area contributed by atoms with Gasteiger partial charge in [-0.3, -0.25) is 24.5 Å². The first kappa shape index (κ1) is 35.2. The molecule has 2 fully saturated rings. The van der Waals surface area contributed by atoms with Gasteiger partial charge in [-0.1, -0.05) is 18.2 Å². The lowest BCUT2D eigenvalue weighted by Crippen LogP contribution is -2.62. The zero-order valence-corrected chi connectivity index (χ0v) is 27.8. The van der Waals surface area contributed by atoms with E-state index in [1.165, 1.54) is 32.0 Å². The molecule has 2 heterocycles. The zero-order valence-electron chi connectivity index (χ0n) is 27.8. The summed E-state index contributed by atoms with van der Waals surface area (Å²) < 4.78 is 24.5. The van der Waals surface area contributed by atoms with E-state index in [0.29, 0.717) is 0 Å². The quantitative estimate of drug-likeness (QED) is 0.161. The van der Waals surface area contributed by atoms with Crippen LogP contribution in [0.4, 0.5) is 0 Å². The molecule has 0 aromatic heterocycles. The summed E-state index contributed by atoms with van der Waals surface area (Å²) >= 11 is 0. The molecule has 4 aliphatic rings. The van der Waals surface area contributed by atoms with E-state index >= 15 is 0 Å². The van der Waals surface area contributed by atoms with Crippen molar-refractivity contribution in [2.45, 2.75) is 121 Å². The average Bonchev–Trinajstić information content (AvgIpc) is 3.01. The first-order chi connectivity index (χ1) is 23.0. The number of benzene rings is 2. The summed E-state index contributed by atoms with van der Waals surface area (Å²) in [4.78, 5) is 53.0. The highest BCUT2D eigenvalue weighted by Gasteiger charge is 2.50. The Morgan fingerprint density at radius 3 is 2.37 bits per heavy atom. The van der Waals surface area contributed by atoms with Crippen LogP contribution in [0.15, 0.2) is 18.2 Å². The van der Waals surface area contributed by atoms with Gasteiger partial charge >= 0.3 is 0 Å². The van der Waals surface area contributed by atoms with Gasteiger partial charge in [0.25, 0.3) is 0 Å². The molecule has 0 saturated carbocycles. The second-order valence-electron chi connectivity index (χ2n) is 13.6. The maximum atomic E-state index is 14.0. The fraction of sp³-hybridized carbons (Fsp3) is 0.543. The number of fused-ring (bicyclic) bond motifs is 4. The summed E-state index contributed by atoms with van der Waals surface area (Å²) in [6.07, 6.45) is -7.87. The Bertz CT molecular complexity index is 1720. The van der Waals surface area contributed by atoms with Crippen LogP contribution in [0.3, 0.4) is 0 Å². The fourth-order valence-corrected chi connectivity index (χ4v) is 7.40. The van der Waals surface area contributed by atoms with Gasteiger partial charge in [0.05, 0.1) is 35.5 Å². The first-order valence-corrected chi connectivity index (χ1v) is 16.3. The maximum Gasteiger partial charge on any atom is 0.199 e. The third-order valence-electron chi connectivity index (χ3n) is 9.96. The van der Waals surface area contributed by atoms with Gasteiger partial charge in [0.1, 0.15) is 29.4 Å². The largest absolute Gasteiger partial charge is 0.507 e. The van der Waals surface area contributed by atoms with Crippen LogP contribution in [0.2, 0.25) is 0 Å². The predicted molar refractivity (Wildman–Crippen MR) is 168 cm³/mol. The molecule has 14 heteroatoms. The number of aromatic hydroxyl groups is 2. The van der Waals surface area contributed by atoms with E-state index in [1.54, 1.807) is 20.8 Å². The lowest BCUT2D eigenvalue weighted by Gasteiger charge is -2.46. The number of ether oxygens (including phenoxy) is 4. The summed E-state index contributed by atoms with van der Waals surface area (Å²) in [5.74, 6) is -4.17. The molecular formula is C35H41NO13. The van der Waals surface area contributed by atoms with Crippen LogP contribution in [0.1, 0.15) is 113 Å². The molecule has 0 bridgehead atoms. The molecule has 2 aromatic carbocycles. The topological polar surface area (TPSA) is 218 Å². The van der Waals surface area contributed by atoms with Crippen molar-refractivity contribution in [1.82, 2.24) is 5.32 Å². The van der Waals surface area contributed by atoms with E-state index in [9.17, 15) is 44.7 Å². The molecule has 0 amide bonds. The van der Waals surface area contributed by atoms with Gasteiger partial charge < -0.3 is 44.5 Å². The molecule has 2 saturated heterocycles. The molecule has 2 aliphatic heterocycles. The smallest absolute Gasteiger partial charge is 0.199 e. The number of hydrogen-bond donors (Lipinski definition) is 6. The van der Waals surface area contributed by atoms with Crippen LogP contribution in [0.5, 0.6) is 11.5 Å². The normalized spacial score (nSPS) is 33.3. The standard InChI is InChI=1S/C35H41NO13/c1-13(37)9-23-47-16(4)34(44)36-21-10-24(46-15(3)33(21)49-23)48-22-12-35(45,17(5)39)11-20-26(22)32(43)28-27(30(20)41)29(40)19-8-6-7-18(14(2)38)25(19)31(28)42/h6-8,13,15-16,21-24,33-34,36-37,41,43-45H,9-12H2,1-5H3/t13?,15?,16?,21?,22-,23?,24?,33?,34?,35-/m0/s1. The summed E-state index contributed by atoms with van der Waals surface area (Å²) in [6.45, 7) is 7.35. The van der Waals surface area contributed by atoms with Crippen molar-refractivity contribution in [2.75, 3.05) is 0 Å². The number of nitrogens with one attached hydrogen (secondary N) is 1. The van der Waals surface area contributed by atoms with Crippen molar-refractivity contribution in [1.29, 1.82) is 0 Å². The van der Waals surface area contributed by atoms with Gasteiger partial charge in [0.15, 0.2) is 35.7 Å². The van der Waals surface area contributed by atoms with Crippen LogP contribution >= 0.6 is 0 Å². The van der Waals surface area contributed by atoms with Crippen molar-refractivity contribution in [3.8, 4) is 11.5 Å². The van der Waals surface area contributed by atoms with Crippen LogP contribution in [-0.2, 0) is 30.2 Å². The summed E-state index contributed by atoms with van der Waals surface area (Å²) in [6, 6.07) is 3.60. The Labute approximate surface area is 281 Å². The second-order valence-corrected chi connectivity index (χ2v) is 13.6. The van der Waals surface area contributed by atoms with Crippen LogP contribution in [0, 0.1) is 0 Å². The molecule has 49 heavy (non-hydrogen) atoms. The average molecular weight is 684 g/mol. The van der Waals surface area contributed by atoms with Crippen molar-refractivity contribution >= 4 is 23.1 Å². The fourth-order valence-electron chi connectivity index (χ4n) is 7.40. The van der Waals surface area contributed by atoms with E-state index in [1.807, 2.05) is 0 Å². The molecule has 0 radical (unpaired) electrons. The van der Waals surface area contributed by atoms with Crippen LogP contribution in [0.25, 0.3) is 0 Å². The first-order valence-electron chi connectivity index (χ1n) is 16.3. The number of aliphatic hydroxyl groups excluding tert-OH is 2. The molecule has 8 unspecified atom stereocenters. The van der Waals surface area contributed by atoms with Crippen LogP contribution < -0.4 is 5.32 Å². The van der Waals surface area contributed by atoms with Crippen molar-refractivity contribution in [3.05, 3.63) is 57.1 Å². The Kier molecular flexibility index (Phi) is 9.30. The monoisotopic (exact) mass is 683 g/mol. The highest BCUT2D eigenvalue weighted by atomic mass is 16.7. The number of aliphatic hydroxyl groups is 3. The lowest BCUT2D eigenvalue weighted by molar-refractivity contribution is -0.304. The highest BCUT2D eigenvalue weighted by molar-refractivity contribution is 6.32. The number of phenolic OH excluding ortho intramolecular Hbond substituents is 2. The van der Waals surface area contributed by atoms with E-state index in [0.717, 1.165) is 0 Å². The van der Waals surface area contributed by atoms with Crippen LogP contribution in [-0.4, -0.2) is 104 Å². The number of carbonyl (C=O) groups is 4. The van der Waals surface area contributed by atoms with E-state index in [2.05, 4.69) is 5.32 Å². The molecule has 2 aliphatic carbocycles. The minimum Gasteiger partial charge on any atom is -0.507 e. The predicted octanol–water partition coefficient (Wildman–Crippen LogP) is 1.71. The lowest BCUT2D eigenvalue weighted by atomic mass is 9.71. The number of phenols is 2. The molecule has 264 valence electrons.